The van der Waals surface area contributed by atoms with E-state index in [0.29, 0.717) is 13.1 Å². The Balaban J connectivity index is 1.89. The highest BCUT2D eigenvalue weighted by atomic mass is 16.6. The van der Waals surface area contributed by atoms with Crippen LogP contribution in [0.1, 0.15) is 50.1 Å². The molecule has 25 heavy (non-hydrogen) atoms. The van der Waals surface area contributed by atoms with Crippen LogP contribution in [0.25, 0.3) is 0 Å². The van der Waals surface area contributed by atoms with E-state index in [9.17, 15) is 19.7 Å². The first-order valence-electron chi connectivity index (χ1n) is 8.80. The Morgan fingerprint density at radius 1 is 1.24 bits per heavy atom. The van der Waals surface area contributed by atoms with E-state index in [1.54, 1.807) is 0 Å². The number of hydrogen-bond acceptors (Lipinski definition) is 5. The summed E-state index contributed by atoms with van der Waals surface area (Å²) in [7, 11) is 0. The molecule has 0 bridgehead atoms. The molecule has 0 aliphatic carbocycles. The van der Waals surface area contributed by atoms with Gasteiger partial charge in [-0.15, -0.1) is 0 Å². The lowest BCUT2D eigenvalue weighted by Crippen LogP contribution is -2.56. The monoisotopic (exact) mass is 351 g/mol. The zero-order chi connectivity index (χ0) is 18.4. The minimum absolute atomic E-state index is 0.0635. The third-order valence-electron chi connectivity index (χ3n) is 4.38. The van der Waals surface area contributed by atoms with Crippen molar-refractivity contribution >= 4 is 17.7 Å². The van der Waals surface area contributed by atoms with E-state index >= 15 is 0 Å². The van der Waals surface area contributed by atoms with Gasteiger partial charge in [0, 0.05) is 26.2 Å². The average Bonchev–Trinajstić information content (AvgIpc) is 3.03. The van der Waals surface area contributed by atoms with Gasteiger partial charge in [0.05, 0.1) is 12.0 Å². The Hall–Kier alpha value is -2.38. The first kappa shape index (κ1) is 19.0. The number of furan rings is 1. The van der Waals surface area contributed by atoms with Gasteiger partial charge in [0.25, 0.3) is 5.91 Å². The van der Waals surface area contributed by atoms with Crippen molar-refractivity contribution < 1.29 is 18.9 Å². The number of rotatable bonds is 9. The van der Waals surface area contributed by atoms with E-state index in [4.69, 9.17) is 4.42 Å². The zero-order valence-electron chi connectivity index (χ0n) is 14.8. The van der Waals surface area contributed by atoms with Crippen LogP contribution in [0.15, 0.2) is 16.5 Å². The Bertz CT molecular complexity index is 614. The molecule has 0 N–H and O–H groups in total. The second kappa shape index (κ2) is 8.64. The highest BCUT2D eigenvalue weighted by Crippen LogP contribution is 2.24. The van der Waals surface area contributed by atoms with Gasteiger partial charge < -0.3 is 14.2 Å². The van der Waals surface area contributed by atoms with Crippen LogP contribution in [-0.2, 0) is 4.79 Å². The molecular formula is C17H25N3O5. The molecular weight excluding hydrogens is 326 g/mol. The number of amides is 2. The van der Waals surface area contributed by atoms with Crippen LogP contribution >= 0.6 is 0 Å². The number of nitro groups is 1. The van der Waals surface area contributed by atoms with E-state index in [1.165, 1.54) is 11.0 Å². The number of likely N-dealkylation sites (tertiary alicyclic amines) is 1. The summed E-state index contributed by atoms with van der Waals surface area (Å²) >= 11 is 0. The van der Waals surface area contributed by atoms with Crippen molar-refractivity contribution in [3.05, 3.63) is 28.0 Å². The maximum Gasteiger partial charge on any atom is 0.433 e. The van der Waals surface area contributed by atoms with Crippen LogP contribution in [0.5, 0.6) is 0 Å². The van der Waals surface area contributed by atoms with Gasteiger partial charge in [0.1, 0.15) is 4.92 Å². The van der Waals surface area contributed by atoms with E-state index < -0.39 is 16.7 Å². The van der Waals surface area contributed by atoms with Gasteiger partial charge in [0.2, 0.25) is 5.91 Å². The topological polar surface area (TPSA) is 96.9 Å². The molecule has 0 radical (unpaired) electrons. The number of nitrogens with zero attached hydrogens (tertiary/aromatic N) is 3. The molecule has 1 saturated heterocycles. The molecule has 0 unspecified atom stereocenters. The zero-order valence-corrected chi connectivity index (χ0v) is 14.8. The van der Waals surface area contributed by atoms with Gasteiger partial charge in [-0.25, -0.2) is 0 Å². The molecule has 1 fully saturated rings. The summed E-state index contributed by atoms with van der Waals surface area (Å²) in [5.41, 5.74) is 0. The fourth-order valence-electron chi connectivity index (χ4n) is 2.79. The molecule has 1 aromatic rings. The molecule has 2 rings (SSSR count). The van der Waals surface area contributed by atoms with Gasteiger partial charge in [-0.2, -0.15) is 0 Å². The lowest BCUT2D eigenvalue weighted by molar-refractivity contribution is -0.402. The minimum Gasteiger partial charge on any atom is -0.395 e. The van der Waals surface area contributed by atoms with Gasteiger partial charge in [-0.05, 0) is 18.9 Å². The average molecular weight is 351 g/mol. The number of carbonyl (C=O) groups is 2. The second-order valence-corrected chi connectivity index (χ2v) is 6.33. The van der Waals surface area contributed by atoms with Crippen molar-refractivity contribution in [2.45, 2.75) is 39.5 Å². The Morgan fingerprint density at radius 3 is 2.32 bits per heavy atom. The number of carbonyl (C=O) groups excluding carboxylic acids is 2. The van der Waals surface area contributed by atoms with E-state index in [0.717, 1.165) is 44.8 Å². The smallest absolute Gasteiger partial charge is 0.395 e. The predicted molar refractivity (Wildman–Crippen MR) is 91.2 cm³/mol. The highest BCUT2D eigenvalue weighted by Gasteiger charge is 2.39. The summed E-state index contributed by atoms with van der Waals surface area (Å²) < 4.78 is 4.93. The fourth-order valence-corrected chi connectivity index (χ4v) is 2.79. The van der Waals surface area contributed by atoms with Crippen LogP contribution in [0, 0.1) is 16.0 Å². The summed E-state index contributed by atoms with van der Waals surface area (Å²) in [6, 6.07) is 2.46. The first-order valence-corrected chi connectivity index (χ1v) is 8.80. The van der Waals surface area contributed by atoms with Crippen LogP contribution in [0.3, 0.4) is 0 Å². The summed E-state index contributed by atoms with van der Waals surface area (Å²) in [6.07, 6.45) is 4.01. The lowest BCUT2D eigenvalue weighted by Gasteiger charge is -2.40. The molecule has 8 heteroatoms. The van der Waals surface area contributed by atoms with Crippen LogP contribution in [0.4, 0.5) is 5.88 Å². The van der Waals surface area contributed by atoms with Crippen LogP contribution in [0.2, 0.25) is 0 Å². The summed E-state index contributed by atoms with van der Waals surface area (Å²) in [6.45, 7) is 6.36. The SMILES string of the molecule is CCCCN(CCCC)C(=O)C1CN(C(=O)c2ccc([N+](=O)[O-])o2)C1. The molecule has 1 aliphatic rings. The molecule has 1 aliphatic heterocycles. The lowest BCUT2D eigenvalue weighted by atomic mass is 9.97. The number of hydrogen-bond donors (Lipinski definition) is 0. The van der Waals surface area contributed by atoms with Crippen molar-refractivity contribution in [1.29, 1.82) is 0 Å². The summed E-state index contributed by atoms with van der Waals surface area (Å²) in [4.78, 5) is 38.2. The predicted octanol–water partition coefficient (Wildman–Crippen LogP) is 2.69. The van der Waals surface area contributed by atoms with Crippen LogP contribution in [-0.4, -0.2) is 52.7 Å². The third kappa shape index (κ3) is 4.58. The fraction of sp³-hybridized carbons (Fsp3) is 0.647. The van der Waals surface area contributed by atoms with Crippen LogP contribution < -0.4 is 0 Å². The van der Waals surface area contributed by atoms with E-state index in [1.807, 2.05) is 4.90 Å². The van der Waals surface area contributed by atoms with Gasteiger partial charge in [0.15, 0.2) is 5.76 Å². The maximum absolute atomic E-state index is 12.6. The molecule has 1 aromatic heterocycles. The van der Waals surface area contributed by atoms with Gasteiger partial charge >= 0.3 is 5.88 Å². The maximum atomic E-state index is 12.6. The molecule has 138 valence electrons. The Morgan fingerprint density at radius 2 is 1.84 bits per heavy atom. The normalized spacial score (nSPS) is 14.2. The minimum atomic E-state index is -0.682. The number of unbranched alkanes of at least 4 members (excludes halogenated alkanes) is 2. The van der Waals surface area contributed by atoms with Gasteiger partial charge in [-0.3, -0.25) is 19.7 Å². The second-order valence-electron chi connectivity index (χ2n) is 6.33. The first-order chi connectivity index (χ1) is 12.0. The molecule has 0 aromatic carbocycles. The van der Waals surface area contributed by atoms with Crippen molar-refractivity contribution in [1.82, 2.24) is 9.80 Å². The van der Waals surface area contributed by atoms with Crippen molar-refractivity contribution in [3.63, 3.8) is 0 Å². The van der Waals surface area contributed by atoms with E-state index in [-0.39, 0.29) is 17.6 Å². The molecule has 0 atom stereocenters. The molecule has 2 amide bonds. The molecule has 0 spiro atoms. The van der Waals surface area contributed by atoms with Gasteiger partial charge in [-0.1, -0.05) is 26.7 Å². The summed E-state index contributed by atoms with van der Waals surface area (Å²) in [5, 5.41) is 10.6. The summed E-state index contributed by atoms with van der Waals surface area (Å²) in [5.74, 6) is -1.03. The Labute approximate surface area is 146 Å². The van der Waals surface area contributed by atoms with Crippen molar-refractivity contribution in [2.24, 2.45) is 5.92 Å². The van der Waals surface area contributed by atoms with Crippen molar-refractivity contribution in [2.75, 3.05) is 26.2 Å². The Kier molecular flexibility index (Phi) is 6.55. The largest absolute Gasteiger partial charge is 0.433 e. The molecule has 0 saturated carbocycles. The van der Waals surface area contributed by atoms with Crippen molar-refractivity contribution in [3.8, 4) is 0 Å². The molecule has 8 nitrogen and oxygen atoms in total. The highest BCUT2D eigenvalue weighted by molar-refractivity contribution is 5.94. The van der Waals surface area contributed by atoms with E-state index in [2.05, 4.69) is 13.8 Å². The quantitative estimate of drug-likeness (QED) is 0.503. The standard InChI is InChI=1S/C17H25N3O5/c1-3-5-9-18(10-6-4-2)16(21)13-11-19(12-13)17(22)14-7-8-15(25-14)20(23)24/h7-8,13H,3-6,9-12H2,1-2H3. The molecule has 2 heterocycles. The third-order valence-corrected chi connectivity index (χ3v) is 4.38.